The molecule has 0 aliphatic heterocycles. The maximum atomic E-state index is 12.0. The molecule has 0 spiro atoms. The Balaban J connectivity index is 1.94. The van der Waals surface area contributed by atoms with Crippen molar-refractivity contribution in [3.05, 3.63) is 48.5 Å². The highest BCUT2D eigenvalue weighted by molar-refractivity contribution is 6.06. The highest BCUT2D eigenvalue weighted by Crippen LogP contribution is 2.27. The van der Waals surface area contributed by atoms with Gasteiger partial charge in [0.2, 0.25) is 5.78 Å². The molecule has 0 atom stereocenters. The summed E-state index contributed by atoms with van der Waals surface area (Å²) >= 11 is 0. The first-order valence-corrected chi connectivity index (χ1v) is 7.84. The van der Waals surface area contributed by atoms with Crippen molar-refractivity contribution in [2.45, 2.75) is 20.4 Å². The first-order valence-electron chi connectivity index (χ1n) is 7.84. The van der Waals surface area contributed by atoms with Crippen molar-refractivity contribution in [1.29, 1.82) is 0 Å². The van der Waals surface area contributed by atoms with Crippen molar-refractivity contribution in [3.63, 3.8) is 0 Å². The van der Waals surface area contributed by atoms with Gasteiger partial charge in [-0.15, -0.1) is 0 Å². The lowest BCUT2D eigenvalue weighted by Crippen LogP contribution is -2.08. The highest BCUT2D eigenvalue weighted by Gasteiger charge is 2.17. The van der Waals surface area contributed by atoms with Crippen LogP contribution in [0.1, 0.15) is 24.3 Å². The molecule has 4 aromatic rings. The summed E-state index contributed by atoms with van der Waals surface area (Å²) < 4.78 is 3.46. The fraction of sp³-hybridized carbons (Fsp3) is 0.167. The Labute approximate surface area is 142 Å². The molecule has 7 nitrogen and oxygen atoms in total. The van der Waals surface area contributed by atoms with Gasteiger partial charge >= 0.3 is 0 Å². The number of rotatable bonds is 4. The molecule has 0 bridgehead atoms. The van der Waals surface area contributed by atoms with Crippen molar-refractivity contribution in [2.75, 3.05) is 0 Å². The summed E-state index contributed by atoms with van der Waals surface area (Å²) in [6.45, 7) is 3.12. The molecule has 25 heavy (non-hydrogen) atoms. The van der Waals surface area contributed by atoms with E-state index < -0.39 is 0 Å². The second-order valence-electron chi connectivity index (χ2n) is 5.93. The van der Waals surface area contributed by atoms with Gasteiger partial charge in [0.25, 0.3) is 0 Å². The zero-order chi connectivity index (χ0) is 17.6. The Kier molecular flexibility index (Phi) is 3.42. The number of hydrogen-bond donors (Lipinski definition) is 0. The van der Waals surface area contributed by atoms with Crippen LogP contribution in [0.5, 0.6) is 0 Å². The molecule has 0 aliphatic carbocycles. The molecule has 4 rings (SSSR count). The number of aromatic nitrogens is 5. The lowest BCUT2D eigenvalue weighted by atomic mass is 10.1. The molecular weight excluding hydrogens is 318 g/mol. The van der Waals surface area contributed by atoms with Gasteiger partial charge in [-0.2, -0.15) is 5.10 Å². The summed E-state index contributed by atoms with van der Waals surface area (Å²) in [5, 5.41) is 5.05. The average Bonchev–Trinajstić information content (AvgIpc) is 3.16. The number of hydrogen-bond acceptors (Lipinski definition) is 5. The highest BCUT2D eigenvalue weighted by atomic mass is 16.1. The summed E-state index contributed by atoms with van der Waals surface area (Å²) in [6.07, 6.45) is 5.33. The van der Waals surface area contributed by atoms with Crippen molar-refractivity contribution < 1.29 is 9.59 Å². The van der Waals surface area contributed by atoms with E-state index in [2.05, 4.69) is 15.1 Å². The minimum atomic E-state index is -0.135. The van der Waals surface area contributed by atoms with E-state index >= 15 is 0 Å². The second kappa shape index (κ2) is 5.62. The largest absolute Gasteiger partial charge is 0.298 e. The molecule has 0 fully saturated rings. The summed E-state index contributed by atoms with van der Waals surface area (Å²) in [6, 6.07) is 7.55. The Morgan fingerprint density at radius 2 is 2.00 bits per heavy atom. The van der Waals surface area contributed by atoms with Crippen LogP contribution in [-0.2, 0) is 11.3 Å². The quantitative estimate of drug-likeness (QED) is 0.536. The van der Waals surface area contributed by atoms with Gasteiger partial charge < -0.3 is 0 Å². The van der Waals surface area contributed by atoms with Gasteiger partial charge in [0.1, 0.15) is 5.69 Å². The van der Waals surface area contributed by atoms with Crippen molar-refractivity contribution >= 4 is 28.2 Å². The number of carbonyl (C=O) groups excluding carboxylic acids is 2. The van der Waals surface area contributed by atoms with Crippen molar-refractivity contribution in [2.24, 2.45) is 0 Å². The third kappa shape index (κ3) is 2.50. The van der Waals surface area contributed by atoms with Gasteiger partial charge in [-0.05, 0) is 25.1 Å². The van der Waals surface area contributed by atoms with E-state index in [0.717, 1.165) is 22.2 Å². The van der Waals surface area contributed by atoms with Gasteiger partial charge in [0.05, 0.1) is 24.0 Å². The zero-order valence-corrected chi connectivity index (χ0v) is 13.8. The molecule has 124 valence electrons. The smallest absolute Gasteiger partial charge is 0.234 e. The Morgan fingerprint density at radius 3 is 2.76 bits per heavy atom. The molecule has 0 aliphatic rings. The average molecular weight is 333 g/mol. The van der Waals surface area contributed by atoms with Crippen LogP contribution < -0.4 is 0 Å². The first kappa shape index (κ1) is 15.2. The first-order chi connectivity index (χ1) is 12.0. The molecule has 3 aromatic heterocycles. The van der Waals surface area contributed by atoms with Crippen LogP contribution in [0, 0.1) is 0 Å². The van der Waals surface area contributed by atoms with E-state index in [4.69, 9.17) is 0 Å². The molecule has 0 saturated carbocycles. The summed E-state index contributed by atoms with van der Waals surface area (Å²) in [7, 11) is 0. The lowest BCUT2D eigenvalue weighted by molar-refractivity contribution is -0.117. The number of nitrogens with zero attached hydrogens (tertiary/aromatic N) is 5. The van der Waals surface area contributed by atoms with Crippen LogP contribution in [-0.4, -0.2) is 35.7 Å². The molecule has 0 amide bonds. The fourth-order valence-electron chi connectivity index (χ4n) is 2.97. The minimum absolute atomic E-state index is 0.0172. The summed E-state index contributed by atoms with van der Waals surface area (Å²) in [5.74, 6) is 0.456. The van der Waals surface area contributed by atoms with Crippen molar-refractivity contribution in [1.82, 2.24) is 24.1 Å². The van der Waals surface area contributed by atoms with E-state index in [1.807, 2.05) is 34.9 Å². The number of Topliss-reactive ketones (excluding diaryl/α,β-unsaturated/α-hetero) is 2. The SMILES string of the molecule is CC(=O)Cn1nc(C(C)=O)c2cc(-c3cnc4ncccn34)ccc21. The third-order valence-electron chi connectivity index (χ3n) is 4.04. The van der Waals surface area contributed by atoms with Gasteiger partial charge in [0.15, 0.2) is 11.6 Å². The van der Waals surface area contributed by atoms with Crippen LogP contribution in [0.2, 0.25) is 0 Å². The molecule has 0 saturated heterocycles. The van der Waals surface area contributed by atoms with Gasteiger partial charge in [-0.3, -0.25) is 18.7 Å². The summed E-state index contributed by atoms with van der Waals surface area (Å²) in [4.78, 5) is 32.0. The Hall–Kier alpha value is -3.35. The van der Waals surface area contributed by atoms with Gasteiger partial charge in [-0.25, -0.2) is 9.97 Å². The minimum Gasteiger partial charge on any atom is -0.298 e. The number of imidazole rings is 1. The molecule has 1 aromatic carbocycles. The second-order valence-corrected chi connectivity index (χ2v) is 5.93. The normalized spacial score (nSPS) is 11.3. The van der Waals surface area contributed by atoms with Crippen LogP contribution in [0.15, 0.2) is 42.9 Å². The van der Waals surface area contributed by atoms with Crippen molar-refractivity contribution in [3.8, 4) is 11.3 Å². The molecule has 0 radical (unpaired) electrons. The molecule has 3 heterocycles. The van der Waals surface area contributed by atoms with Crippen LogP contribution in [0.25, 0.3) is 27.9 Å². The topological polar surface area (TPSA) is 82.1 Å². The van der Waals surface area contributed by atoms with E-state index in [1.165, 1.54) is 13.8 Å². The van der Waals surface area contributed by atoms with E-state index in [-0.39, 0.29) is 18.1 Å². The number of ketones is 2. The van der Waals surface area contributed by atoms with Crippen LogP contribution >= 0.6 is 0 Å². The predicted molar refractivity (Wildman–Crippen MR) is 92.4 cm³/mol. The van der Waals surface area contributed by atoms with Crippen LogP contribution in [0.4, 0.5) is 0 Å². The standard InChI is InChI=1S/C18H15N5O2/c1-11(24)10-23-15-5-4-13(8-14(15)17(21-23)12(2)25)16-9-20-18-19-6-3-7-22(16)18/h3-9H,10H2,1-2H3. The maximum absolute atomic E-state index is 12.0. The van der Waals surface area contributed by atoms with E-state index in [9.17, 15) is 9.59 Å². The Morgan fingerprint density at radius 1 is 1.16 bits per heavy atom. The third-order valence-corrected chi connectivity index (χ3v) is 4.04. The molecular formula is C18H15N5O2. The fourth-order valence-corrected chi connectivity index (χ4v) is 2.97. The molecule has 7 heteroatoms. The summed E-state index contributed by atoms with van der Waals surface area (Å²) in [5.41, 5.74) is 2.90. The predicted octanol–water partition coefficient (Wildman–Crippen LogP) is 2.54. The molecule has 0 unspecified atom stereocenters. The van der Waals surface area contributed by atoms with Gasteiger partial charge in [-0.1, -0.05) is 6.07 Å². The number of benzene rings is 1. The Bertz CT molecular complexity index is 1140. The zero-order valence-electron chi connectivity index (χ0n) is 13.8. The number of fused-ring (bicyclic) bond motifs is 2. The number of carbonyl (C=O) groups is 2. The van der Waals surface area contributed by atoms with E-state index in [1.54, 1.807) is 17.1 Å². The molecule has 0 N–H and O–H groups in total. The maximum Gasteiger partial charge on any atom is 0.234 e. The van der Waals surface area contributed by atoms with Gasteiger partial charge in [0, 0.05) is 30.3 Å². The lowest BCUT2D eigenvalue weighted by Gasteiger charge is -2.03. The van der Waals surface area contributed by atoms with Crippen LogP contribution in [0.3, 0.4) is 0 Å². The monoisotopic (exact) mass is 333 g/mol. The van der Waals surface area contributed by atoms with E-state index in [0.29, 0.717) is 11.5 Å².